The molecule has 2 aromatic carbocycles. The lowest BCUT2D eigenvalue weighted by Crippen LogP contribution is -2.15. The summed E-state index contributed by atoms with van der Waals surface area (Å²) in [6, 6.07) is 8.96. The zero-order valence-electron chi connectivity index (χ0n) is 9.58. The van der Waals surface area contributed by atoms with Crippen LogP contribution >= 0.6 is 27.5 Å². The number of nitrogen functional groups attached to an aromatic ring is 1. The Morgan fingerprint density at radius 1 is 1.32 bits per heavy atom. The first-order valence-electron chi connectivity index (χ1n) is 5.29. The summed E-state index contributed by atoms with van der Waals surface area (Å²) in [5, 5.41) is 3.00. The number of hydrogen-bond acceptors (Lipinski definition) is 2. The van der Waals surface area contributed by atoms with Crippen LogP contribution in [0.5, 0.6) is 0 Å². The van der Waals surface area contributed by atoms with E-state index in [4.69, 9.17) is 17.3 Å². The summed E-state index contributed by atoms with van der Waals surface area (Å²) >= 11 is 8.90. The van der Waals surface area contributed by atoms with Crippen LogP contribution in [0.25, 0.3) is 0 Å². The molecule has 3 nitrogen and oxygen atoms in total. The highest BCUT2D eigenvalue weighted by atomic mass is 79.9. The van der Waals surface area contributed by atoms with Crippen molar-refractivity contribution in [2.75, 3.05) is 11.1 Å². The fraction of sp³-hybridized carbons (Fsp3) is 0. The van der Waals surface area contributed by atoms with Crippen molar-refractivity contribution in [1.82, 2.24) is 0 Å². The van der Waals surface area contributed by atoms with Crippen molar-refractivity contribution in [1.29, 1.82) is 0 Å². The van der Waals surface area contributed by atoms with Gasteiger partial charge in [-0.05, 0) is 46.3 Å². The summed E-state index contributed by atoms with van der Waals surface area (Å²) < 4.78 is 14.0. The maximum atomic E-state index is 13.6. The van der Waals surface area contributed by atoms with E-state index >= 15 is 0 Å². The number of hydrogen-bond donors (Lipinski definition) is 2. The quantitative estimate of drug-likeness (QED) is 0.807. The average Bonchev–Trinajstić information content (AvgIpc) is 2.32. The zero-order valence-corrected chi connectivity index (χ0v) is 11.9. The van der Waals surface area contributed by atoms with Gasteiger partial charge in [-0.15, -0.1) is 0 Å². The molecule has 2 rings (SSSR count). The van der Waals surface area contributed by atoms with Crippen molar-refractivity contribution in [3.8, 4) is 0 Å². The number of carbonyl (C=O) groups excluding carboxylic acids is 1. The van der Waals surface area contributed by atoms with Gasteiger partial charge in [-0.1, -0.05) is 17.7 Å². The Morgan fingerprint density at radius 3 is 2.68 bits per heavy atom. The normalized spacial score (nSPS) is 10.3. The average molecular weight is 344 g/mol. The molecule has 0 unspecified atom stereocenters. The molecule has 1 amide bonds. The molecule has 0 aliphatic carbocycles. The largest absolute Gasteiger partial charge is 0.397 e. The Balaban J connectivity index is 2.31. The lowest BCUT2D eigenvalue weighted by atomic mass is 10.2. The molecule has 19 heavy (non-hydrogen) atoms. The fourth-order valence-corrected chi connectivity index (χ4v) is 2.25. The first-order valence-corrected chi connectivity index (χ1v) is 6.46. The van der Waals surface area contributed by atoms with Gasteiger partial charge in [-0.3, -0.25) is 4.79 Å². The molecule has 0 radical (unpaired) electrons. The first kappa shape index (κ1) is 13.8. The third-order valence-corrected chi connectivity index (χ3v) is 3.35. The minimum Gasteiger partial charge on any atom is -0.397 e. The number of amides is 1. The van der Waals surface area contributed by atoms with E-state index in [9.17, 15) is 9.18 Å². The van der Waals surface area contributed by atoms with Crippen molar-refractivity contribution < 1.29 is 9.18 Å². The Kier molecular flexibility index (Phi) is 4.07. The number of nitrogens with two attached hydrogens (primary N) is 1. The van der Waals surface area contributed by atoms with Crippen LogP contribution in [0.1, 0.15) is 10.4 Å². The summed E-state index contributed by atoms with van der Waals surface area (Å²) in [6.45, 7) is 0. The highest BCUT2D eigenvalue weighted by Gasteiger charge is 2.16. The lowest BCUT2D eigenvalue weighted by Gasteiger charge is -2.10. The Hall–Kier alpha value is -1.59. The van der Waals surface area contributed by atoms with Gasteiger partial charge in [0, 0.05) is 9.50 Å². The number of rotatable bonds is 2. The summed E-state index contributed by atoms with van der Waals surface area (Å²) in [7, 11) is 0. The first-order chi connectivity index (χ1) is 8.99. The molecule has 0 bridgehead atoms. The molecular weight excluding hydrogens is 335 g/mol. The number of anilines is 2. The van der Waals surface area contributed by atoms with E-state index in [-0.39, 0.29) is 5.56 Å². The number of nitrogens with one attached hydrogen (secondary N) is 1. The Morgan fingerprint density at radius 2 is 2.05 bits per heavy atom. The molecular formula is C13H9BrClFN2O. The van der Waals surface area contributed by atoms with Gasteiger partial charge in [-0.2, -0.15) is 0 Å². The van der Waals surface area contributed by atoms with E-state index in [0.717, 1.165) is 0 Å². The Bertz CT molecular complexity index is 628. The second-order valence-corrected chi connectivity index (χ2v) is 5.07. The van der Waals surface area contributed by atoms with Crippen LogP contribution < -0.4 is 11.1 Å². The third kappa shape index (κ3) is 3.05. The highest BCUT2D eigenvalue weighted by molar-refractivity contribution is 9.10. The van der Waals surface area contributed by atoms with Crippen LogP contribution in [0, 0.1) is 5.82 Å². The summed E-state index contributed by atoms with van der Waals surface area (Å²) in [5.74, 6) is -1.20. The van der Waals surface area contributed by atoms with Crippen LogP contribution in [-0.4, -0.2) is 5.91 Å². The van der Waals surface area contributed by atoms with Crippen LogP contribution in [0.15, 0.2) is 40.9 Å². The standard InChI is InChI=1S/C13H9BrClFN2O/c14-8-2-1-3-9(16)12(8)13(19)18-11-5-4-7(15)6-10(11)17/h1-6H,17H2,(H,18,19). The molecule has 2 aromatic rings. The van der Waals surface area contributed by atoms with Gasteiger partial charge >= 0.3 is 0 Å². The van der Waals surface area contributed by atoms with Gasteiger partial charge in [0.15, 0.2) is 0 Å². The van der Waals surface area contributed by atoms with Crippen LogP contribution in [0.2, 0.25) is 5.02 Å². The predicted molar refractivity (Wildman–Crippen MR) is 77.9 cm³/mol. The minimum absolute atomic E-state index is 0.0724. The third-order valence-electron chi connectivity index (χ3n) is 2.45. The summed E-state index contributed by atoms with van der Waals surface area (Å²) in [4.78, 5) is 12.0. The molecule has 0 atom stereocenters. The predicted octanol–water partition coefficient (Wildman–Crippen LogP) is 4.08. The zero-order chi connectivity index (χ0) is 14.0. The van der Waals surface area contributed by atoms with Crippen molar-refractivity contribution in [3.05, 3.63) is 57.3 Å². The maximum absolute atomic E-state index is 13.6. The van der Waals surface area contributed by atoms with Gasteiger partial charge in [0.25, 0.3) is 5.91 Å². The van der Waals surface area contributed by atoms with Crippen LogP contribution in [-0.2, 0) is 0 Å². The second kappa shape index (κ2) is 5.59. The van der Waals surface area contributed by atoms with E-state index in [1.807, 2.05) is 0 Å². The molecule has 0 aromatic heterocycles. The van der Waals surface area contributed by atoms with Crippen molar-refractivity contribution in [3.63, 3.8) is 0 Å². The summed E-state index contributed by atoms with van der Waals surface area (Å²) in [5.41, 5.74) is 6.34. The van der Waals surface area contributed by atoms with E-state index in [1.165, 1.54) is 18.2 Å². The van der Waals surface area contributed by atoms with Gasteiger partial charge in [-0.25, -0.2) is 4.39 Å². The van der Waals surface area contributed by atoms with E-state index in [1.54, 1.807) is 18.2 Å². The van der Waals surface area contributed by atoms with Crippen LogP contribution in [0.3, 0.4) is 0 Å². The topological polar surface area (TPSA) is 55.1 Å². The molecule has 0 spiro atoms. The molecule has 0 heterocycles. The van der Waals surface area contributed by atoms with E-state index in [2.05, 4.69) is 21.2 Å². The van der Waals surface area contributed by atoms with Gasteiger partial charge in [0.1, 0.15) is 5.82 Å². The minimum atomic E-state index is -0.612. The number of benzene rings is 2. The van der Waals surface area contributed by atoms with Gasteiger partial charge < -0.3 is 11.1 Å². The van der Waals surface area contributed by atoms with Crippen molar-refractivity contribution in [2.45, 2.75) is 0 Å². The van der Waals surface area contributed by atoms with Gasteiger partial charge in [0.05, 0.1) is 16.9 Å². The molecule has 0 aliphatic heterocycles. The summed E-state index contributed by atoms with van der Waals surface area (Å²) in [6.07, 6.45) is 0. The number of carbonyl (C=O) groups is 1. The number of halogens is 3. The Labute approximate surface area is 122 Å². The maximum Gasteiger partial charge on any atom is 0.259 e. The van der Waals surface area contributed by atoms with E-state index < -0.39 is 11.7 Å². The molecule has 0 fully saturated rings. The lowest BCUT2D eigenvalue weighted by molar-refractivity contribution is 0.102. The van der Waals surface area contributed by atoms with Crippen LogP contribution in [0.4, 0.5) is 15.8 Å². The fourth-order valence-electron chi connectivity index (χ4n) is 1.55. The van der Waals surface area contributed by atoms with Gasteiger partial charge in [0.2, 0.25) is 0 Å². The molecule has 98 valence electrons. The van der Waals surface area contributed by atoms with E-state index in [0.29, 0.717) is 20.9 Å². The smallest absolute Gasteiger partial charge is 0.259 e. The van der Waals surface area contributed by atoms with Crippen molar-refractivity contribution >= 4 is 44.8 Å². The molecule has 0 saturated carbocycles. The van der Waals surface area contributed by atoms with Crippen molar-refractivity contribution in [2.24, 2.45) is 0 Å². The monoisotopic (exact) mass is 342 g/mol. The molecule has 3 N–H and O–H groups in total. The molecule has 6 heteroatoms. The molecule has 0 aliphatic rings. The highest BCUT2D eigenvalue weighted by Crippen LogP contribution is 2.25. The SMILES string of the molecule is Nc1cc(Cl)ccc1NC(=O)c1c(F)cccc1Br. The molecule has 0 saturated heterocycles. The second-order valence-electron chi connectivity index (χ2n) is 3.78.